The van der Waals surface area contributed by atoms with Crippen LogP contribution in [0.2, 0.25) is 0 Å². The van der Waals surface area contributed by atoms with Crippen LogP contribution < -0.4 is 4.74 Å². The van der Waals surface area contributed by atoms with Gasteiger partial charge in [0.2, 0.25) is 5.89 Å². The van der Waals surface area contributed by atoms with Crippen LogP contribution in [-0.2, 0) is 33.4 Å². The number of halogens is 3. The number of hydrogen-bond donors (Lipinski definition) is 0. The van der Waals surface area contributed by atoms with Crippen molar-refractivity contribution in [1.29, 1.82) is 0 Å². The summed E-state index contributed by atoms with van der Waals surface area (Å²) in [6, 6.07) is 11.9. The van der Waals surface area contributed by atoms with E-state index in [2.05, 4.69) is 4.98 Å². The molecular formula is C26H27F3N2O5. The highest BCUT2D eigenvalue weighted by atomic mass is 19.4. The lowest BCUT2D eigenvalue weighted by Crippen LogP contribution is -2.49. The van der Waals surface area contributed by atoms with E-state index in [-0.39, 0.29) is 11.9 Å². The van der Waals surface area contributed by atoms with E-state index in [9.17, 15) is 18.0 Å². The standard InChI is InChI=1S/C26H27F3N2O5/c1-17-22(30-24(36-17)19-5-7-20(8-6-19)26(27,28)29)11-13-35-21-9-3-18(4-10-21)15-31-12-14-34-16-23(31)25(32)33-2/h3-10,23H,11-16H2,1-2H3/t23-/m0/s1. The Labute approximate surface area is 206 Å². The van der Waals surface area contributed by atoms with E-state index in [4.69, 9.17) is 18.6 Å². The van der Waals surface area contributed by atoms with Gasteiger partial charge >= 0.3 is 12.1 Å². The van der Waals surface area contributed by atoms with E-state index in [1.807, 2.05) is 29.2 Å². The zero-order valence-electron chi connectivity index (χ0n) is 20.0. The summed E-state index contributed by atoms with van der Waals surface area (Å²) in [5, 5.41) is 0. The Hall–Kier alpha value is -3.37. The van der Waals surface area contributed by atoms with Crippen molar-refractivity contribution < 1.29 is 36.6 Å². The van der Waals surface area contributed by atoms with Gasteiger partial charge in [0.15, 0.2) is 0 Å². The number of ether oxygens (including phenoxy) is 3. The minimum Gasteiger partial charge on any atom is -0.493 e. The molecular weight excluding hydrogens is 477 g/mol. The molecule has 3 aromatic rings. The van der Waals surface area contributed by atoms with Crippen molar-refractivity contribution in [2.75, 3.05) is 33.5 Å². The maximum absolute atomic E-state index is 12.8. The van der Waals surface area contributed by atoms with Crippen molar-refractivity contribution in [1.82, 2.24) is 9.88 Å². The third-order valence-electron chi connectivity index (χ3n) is 5.98. The van der Waals surface area contributed by atoms with Gasteiger partial charge in [0.05, 0.1) is 38.2 Å². The molecule has 0 N–H and O–H groups in total. The van der Waals surface area contributed by atoms with Crippen LogP contribution in [0.15, 0.2) is 52.9 Å². The van der Waals surface area contributed by atoms with E-state index in [0.717, 1.165) is 17.7 Å². The van der Waals surface area contributed by atoms with E-state index >= 15 is 0 Å². The van der Waals surface area contributed by atoms with Crippen LogP contribution in [-0.4, -0.2) is 55.4 Å². The van der Waals surface area contributed by atoms with Crippen LogP contribution in [0.3, 0.4) is 0 Å². The van der Waals surface area contributed by atoms with E-state index < -0.39 is 17.8 Å². The molecule has 0 unspecified atom stereocenters. The lowest BCUT2D eigenvalue weighted by molar-refractivity contribution is -0.153. The molecule has 1 aliphatic heterocycles. The number of rotatable bonds is 8. The zero-order chi connectivity index (χ0) is 25.7. The number of nitrogens with zero attached hydrogens (tertiary/aromatic N) is 2. The molecule has 1 fully saturated rings. The summed E-state index contributed by atoms with van der Waals surface area (Å²) in [5.41, 5.74) is 1.47. The van der Waals surface area contributed by atoms with Crippen molar-refractivity contribution in [2.24, 2.45) is 0 Å². The largest absolute Gasteiger partial charge is 0.493 e. The van der Waals surface area contributed by atoms with Crippen molar-refractivity contribution in [2.45, 2.75) is 32.1 Å². The Balaban J connectivity index is 1.30. The Kier molecular flexibility index (Phi) is 7.95. The monoisotopic (exact) mass is 504 g/mol. The van der Waals surface area contributed by atoms with Gasteiger partial charge in [-0.05, 0) is 48.9 Å². The Morgan fingerprint density at radius 3 is 2.53 bits per heavy atom. The van der Waals surface area contributed by atoms with E-state index in [0.29, 0.717) is 62.1 Å². The van der Waals surface area contributed by atoms with Gasteiger partial charge in [0, 0.05) is 25.1 Å². The number of carbonyl (C=O) groups excluding carboxylic acids is 1. The minimum atomic E-state index is -4.39. The van der Waals surface area contributed by atoms with Crippen molar-refractivity contribution >= 4 is 5.97 Å². The molecule has 0 bridgehead atoms. The number of alkyl halides is 3. The second-order valence-corrected chi connectivity index (χ2v) is 8.42. The molecule has 36 heavy (non-hydrogen) atoms. The number of esters is 1. The fraction of sp³-hybridized carbons (Fsp3) is 0.385. The Morgan fingerprint density at radius 1 is 1.14 bits per heavy atom. The summed E-state index contributed by atoms with van der Waals surface area (Å²) in [6.07, 6.45) is -3.91. The summed E-state index contributed by atoms with van der Waals surface area (Å²) in [4.78, 5) is 18.5. The number of carbonyl (C=O) groups is 1. The highest BCUT2D eigenvalue weighted by Gasteiger charge is 2.31. The van der Waals surface area contributed by atoms with Crippen LogP contribution in [0.5, 0.6) is 5.75 Å². The molecule has 2 aromatic carbocycles. The number of morpholine rings is 1. The topological polar surface area (TPSA) is 74.0 Å². The molecule has 0 radical (unpaired) electrons. The SMILES string of the molecule is COC(=O)[C@@H]1COCCN1Cc1ccc(OCCc2nc(-c3ccc(C(F)(F)F)cc3)oc2C)cc1. The number of aromatic nitrogens is 1. The van der Waals surface area contributed by atoms with Crippen LogP contribution in [0.4, 0.5) is 13.2 Å². The van der Waals surface area contributed by atoms with Gasteiger partial charge in [-0.3, -0.25) is 9.69 Å². The summed E-state index contributed by atoms with van der Waals surface area (Å²) < 4.78 is 60.1. The molecule has 1 saturated heterocycles. The van der Waals surface area contributed by atoms with Gasteiger partial charge in [-0.15, -0.1) is 0 Å². The van der Waals surface area contributed by atoms with Crippen LogP contribution in [0.25, 0.3) is 11.5 Å². The second-order valence-electron chi connectivity index (χ2n) is 8.42. The molecule has 0 saturated carbocycles. The normalized spacial score (nSPS) is 16.6. The first-order valence-corrected chi connectivity index (χ1v) is 11.5. The summed E-state index contributed by atoms with van der Waals surface area (Å²) in [6.45, 7) is 4.23. The highest BCUT2D eigenvalue weighted by molar-refractivity contribution is 5.75. The van der Waals surface area contributed by atoms with Gasteiger partial charge in [0.25, 0.3) is 0 Å². The predicted molar refractivity (Wildman–Crippen MR) is 124 cm³/mol. The quantitative estimate of drug-likeness (QED) is 0.413. The van der Waals surface area contributed by atoms with Crippen LogP contribution in [0.1, 0.15) is 22.6 Å². The number of oxazole rings is 1. The summed E-state index contributed by atoms with van der Waals surface area (Å²) in [5.74, 6) is 1.25. The molecule has 0 spiro atoms. The fourth-order valence-electron chi connectivity index (χ4n) is 3.96. The lowest BCUT2D eigenvalue weighted by Gasteiger charge is -2.33. The molecule has 1 atom stereocenters. The molecule has 7 nitrogen and oxygen atoms in total. The molecule has 0 aliphatic carbocycles. The third-order valence-corrected chi connectivity index (χ3v) is 5.98. The maximum Gasteiger partial charge on any atom is 0.416 e. The first kappa shape index (κ1) is 25.7. The Bertz CT molecular complexity index is 1160. The van der Waals surface area contributed by atoms with E-state index in [1.54, 1.807) is 6.92 Å². The number of hydrogen-bond acceptors (Lipinski definition) is 7. The summed E-state index contributed by atoms with van der Waals surface area (Å²) >= 11 is 0. The molecule has 10 heteroatoms. The number of methoxy groups -OCH3 is 1. The van der Waals surface area contributed by atoms with E-state index in [1.165, 1.54) is 19.2 Å². The molecule has 1 aliphatic rings. The third kappa shape index (κ3) is 6.24. The van der Waals surface area contributed by atoms with Gasteiger partial charge in [-0.1, -0.05) is 12.1 Å². The smallest absolute Gasteiger partial charge is 0.416 e. The number of benzene rings is 2. The van der Waals surface area contributed by atoms with Gasteiger partial charge < -0.3 is 18.6 Å². The molecule has 1 aromatic heterocycles. The molecule has 4 rings (SSSR count). The number of aryl methyl sites for hydroxylation is 1. The summed E-state index contributed by atoms with van der Waals surface area (Å²) in [7, 11) is 1.37. The van der Waals surface area contributed by atoms with Gasteiger partial charge in [-0.25, -0.2) is 4.98 Å². The average Bonchev–Trinajstić information content (AvgIpc) is 3.25. The fourth-order valence-corrected chi connectivity index (χ4v) is 3.96. The molecule has 2 heterocycles. The first-order chi connectivity index (χ1) is 17.2. The predicted octanol–water partition coefficient (Wildman–Crippen LogP) is 4.66. The van der Waals surface area contributed by atoms with Crippen molar-refractivity contribution in [3.05, 3.63) is 71.1 Å². The van der Waals surface area contributed by atoms with Crippen molar-refractivity contribution in [3.8, 4) is 17.2 Å². The molecule has 0 amide bonds. The first-order valence-electron chi connectivity index (χ1n) is 11.5. The second kappa shape index (κ2) is 11.1. The zero-order valence-corrected chi connectivity index (χ0v) is 20.0. The highest BCUT2D eigenvalue weighted by Crippen LogP contribution is 2.31. The van der Waals surface area contributed by atoms with Crippen LogP contribution in [0, 0.1) is 6.92 Å². The molecule has 192 valence electrons. The minimum absolute atomic E-state index is 0.272. The van der Waals surface area contributed by atoms with Gasteiger partial charge in [-0.2, -0.15) is 13.2 Å². The Morgan fingerprint density at radius 2 is 1.86 bits per heavy atom. The maximum atomic E-state index is 12.8. The van der Waals surface area contributed by atoms with Gasteiger partial charge in [0.1, 0.15) is 17.6 Å². The lowest BCUT2D eigenvalue weighted by atomic mass is 10.1. The van der Waals surface area contributed by atoms with Crippen molar-refractivity contribution in [3.63, 3.8) is 0 Å². The van der Waals surface area contributed by atoms with Crippen LogP contribution >= 0.6 is 0 Å². The average molecular weight is 505 g/mol.